The topological polar surface area (TPSA) is 103 Å². The Kier molecular flexibility index (Phi) is 4.27. The summed E-state index contributed by atoms with van der Waals surface area (Å²) in [4.78, 5) is 26.9. The average molecular weight is 291 g/mol. The molecule has 0 saturated carbocycles. The molecule has 1 heterocycles. The van der Waals surface area contributed by atoms with Gasteiger partial charge < -0.3 is 11.1 Å². The monoisotopic (exact) mass is 291 g/mol. The van der Waals surface area contributed by atoms with Crippen molar-refractivity contribution in [3.63, 3.8) is 0 Å². The molecule has 0 spiro atoms. The Balaban J connectivity index is 2.26. The first-order chi connectivity index (χ1) is 10.0. The van der Waals surface area contributed by atoms with Gasteiger partial charge in [-0.25, -0.2) is 4.39 Å². The predicted octanol–water partition coefficient (Wildman–Crippen LogP) is 1.02. The molecule has 110 valence electrons. The highest BCUT2D eigenvalue weighted by Gasteiger charge is 2.13. The number of hydrogen-bond acceptors (Lipinski definition) is 6. The molecule has 0 atom stereocenters. The maximum absolute atomic E-state index is 12.8. The molecule has 2 rings (SSSR count). The van der Waals surface area contributed by atoms with E-state index in [1.807, 2.05) is 0 Å². The molecular formula is C13H14FN5O2. The fourth-order valence-electron chi connectivity index (χ4n) is 1.62. The smallest absolute Gasteiger partial charge is 0.317 e. The van der Waals surface area contributed by atoms with Gasteiger partial charge in [-0.15, -0.1) is 5.10 Å². The minimum absolute atomic E-state index is 0.00498. The Morgan fingerprint density at radius 3 is 2.67 bits per heavy atom. The zero-order chi connectivity index (χ0) is 15.4. The first-order valence-corrected chi connectivity index (χ1v) is 6.29. The Labute approximate surface area is 119 Å². The van der Waals surface area contributed by atoms with E-state index in [2.05, 4.69) is 15.4 Å². The van der Waals surface area contributed by atoms with Crippen molar-refractivity contribution in [1.29, 1.82) is 0 Å². The second-order valence-electron chi connectivity index (χ2n) is 4.26. The number of nitrogens with one attached hydrogen (secondary N) is 1. The van der Waals surface area contributed by atoms with E-state index in [1.54, 1.807) is 19.1 Å². The number of benzene rings is 1. The van der Waals surface area contributed by atoms with Gasteiger partial charge in [-0.2, -0.15) is 9.67 Å². The zero-order valence-electron chi connectivity index (χ0n) is 11.3. The van der Waals surface area contributed by atoms with Gasteiger partial charge in [0.15, 0.2) is 0 Å². The van der Waals surface area contributed by atoms with Gasteiger partial charge in [0.05, 0.1) is 0 Å². The summed E-state index contributed by atoms with van der Waals surface area (Å²) in [6.07, 6.45) is 0.183. The third kappa shape index (κ3) is 3.41. The highest BCUT2D eigenvalue weighted by molar-refractivity contribution is 5.80. The van der Waals surface area contributed by atoms with Gasteiger partial charge in [-0.05, 0) is 17.7 Å². The molecule has 0 unspecified atom stereocenters. The SMILES string of the molecule is CCC(=O)n1nc(N)c(=O)nc1NCc1ccc(F)cc1. The first-order valence-electron chi connectivity index (χ1n) is 6.29. The van der Waals surface area contributed by atoms with E-state index in [0.717, 1.165) is 10.2 Å². The van der Waals surface area contributed by atoms with Crippen molar-refractivity contribution < 1.29 is 9.18 Å². The lowest BCUT2D eigenvalue weighted by atomic mass is 10.2. The molecule has 0 bridgehead atoms. The quantitative estimate of drug-likeness (QED) is 0.871. The van der Waals surface area contributed by atoms with Crippen LogP contribution >= 0.6 is 0 Å². The van der Waals surface area contributed by atoms with Crippen LogP contribution in [0.4, 0.5) is 16.2 Å². The molecule has 0 saturated heterocycles. The molecule has 21 heavy (non-hydrogen) atoms. The van der Waals surface area contributed by atoms with Crippen LogP contribution in [0.1, 0.15) is 23.7 Å². The molecular weight excluding hydrogens is 277 g/mol. The van der Waals surface area contributed by atoms with Gasteiger partial charge >= 0.3 is 5.56 Å². The van der Waals surface area contributed by atoms with Gasteiger partial charge in [0.1, 0.15) is 5.82 Å². The number of halogens is 1. The fraction of sp³-hybridized carbons (Fsp3) is 0.231. The minimum Gasteiger partial charge on any atom is -0.378 e. The van der Waals surface area contributed by atoms with E-state index in [0.29, 0.717) is 0 Å². The molecule has 1 aromatic heterocycles. The van der Waals surface area contributed by atoms with Crippen LogP contribution in [0, 0.1) is 5.82 Å². The average Bonchev–Trinajstić information content (AvgIpc) is 2.49. The van der Waals surface area contributed by atoms with Gasteiger partial charge in [-0.3, -0.25) is 9.59 Å². The Morgan fingerprint density at radius 2 is 2.05 bits per heavy atom. The third-order valence-corrected chi connectivity index (χ3v) is 2.74. The summed E-state index contributed by atoms with van der Waals surface area (Å²) < 4.78 is 13.8. The normalized spacial score (nSPS) is 10.4. The second kappa shape index (κ2) is 6.12. The summed E-state index contributed by atoms with van der Waals surface area (Å²) >= 11 is 0. The lowest BCUT2D eigenvalue weighted by Gasteiger charge is -2.11. The number of carbonyl (C=O) groups excluding carboxylic acids is 1. The van der Waals surface area contributed by atoms with E-state index in [9.17, 15) is 14.0 Å². The molecule has 8 heteroatoms. The number of nitrogen functional groups attached to an aromatic ring is 1. The maximum atomic E-state index is 12.8. The number of carbonyl (C=O) groups is 1. The van der Waals surface area contributed by atoms with Crippen molar-refractivity contribution in [3.8, 4) is 0 Å². The van der Waals surface area contributed by atoms with Gasteiger partial charge in [0, 0.05) is 13.0 Å². The number of aromatic nitrogens is 3. The fourth-order valence-corrected chi connectivity index (χ4v) is 1.62. The molecule has 3 N–H and O–H groups in total. The molecule has 1 aromatic carbocycles. The van der Waals surface area contributed by atoms with Crippen LogP contribution in [-0.2, 0) is 6.54 Å². The second-order valence-corrected chi connectivity index (χ2v) is 4.26. The van der Waals surface area contributed by atoms with Crippen LogP contribution in [0.15, 0.2) is 29.1 Å². The summed E-state index contributed by atoms with van der Waals surface area (Å²) in [6.45, 7) is 1.91. The summed E-state index contributed by atoms with van der Waals surface area (Å²) in [5.41, 5.74) is 5.43. The van der Waals surface area contributed by atoms with Crippen LogP contribution in [0.25, 0.3) is 0 Å². The highest BCUT2D eigenvalue weighted by Crippen LogP contribution is 2.07. The molecule has 0 aliphatic heterocycles. The molecule has 7 nitrogen and oxygen atoms in total. The van der Waals surface area contributed by atoms with Crippen LogP contribution in [0.2, 0.25) is 0 Å². The summed E-state index contributed by atoms with van der Waals surface area (Å²) in [5.74, 6) is -1.03. The van der Waals surface area contributed by atoms with E-state index in [1.165, 1.54) is 12.1 Å². The Hall–Kier alpha value is -2.77. The lowest BCUT2D eigenvalue weighted by molar-refractivity contribution is 0.0893. The molecule has 2 aromatic rings. The van der Waals surface area contributed by atoms with Crippen LogP contribution in [0.5, 0.6) is 0 Å². The molecule has 0 aliphatic carbocycles. The molecule has 0 radical (unpaired) electrons. The lowest BCUT2D eigenvalue weighted by Crippen LogP contribution is -2.27. The van der Waals surface area contributed by atoms with Crippen LogP contribution < -0.4 is 16.6 Å². The number of anilines is 2. The molecule has 0 fully saturated rings. The van der Waals surface area contributed by atoms with Gasteiger partial charge in [0.25, 0.3) is 0 Å². The van der Waals surface area contributed by atoms with Crippen molar-refractivity contribution in [2.75, 3.05) is 11.1 Å². The van der Waals surface area contributed by atoms with Gasteiger partial charge in [-0.1, -0.05) is 19.1 Å². The van der Waals surface area contributed by atoms with Crippen molar-refractivity contribution in [2.24, 2.45) is 0 Å². The minimum atomic E-state index is -0.711. The van der Waals surface area contributed by atoms with Crippen molar-refractivity contribution >= 4 is 17.7 Å². The first kappa shape index (κ1) is 14.6. The van der Waals surface area contributed by atoms with Crippen LogP contribution in [-0.4, -0.2) is 20.7 Å². The largest absolute Gasteiger partial charge is 0.378 e. The van der Waals surface area contributed by atoms with Crippen molar-refractivity contribution in [3.05, 3.63) is 46.0 Å². The van der Waals surface area contributed by atoms with E-state index in [-0.39, 0.29) is 36.5 Å². The van der Waals surface area contributed by atoms with Crippen molar-refractivity contribution in [1.82, 2.24) is 14.8 Å². The van der Waals surface area contributed by atoms with E-state index in [4.69, 9.17) is 5.73 Å². The van der Waals surface area contributed by atoms with Gasteiger partial charge in [0.2, 0.25) is 17.7 Å². The number of rotatable bonds is 4. The Morgan fingerprint density at radius 1 is 1.38 bits per heavy atom. The number of hydrogen-bond donors (Lipinski definition) is 2. The third-order valence-electron chi connectivity index (χ3n) is 2.74. The number of nitrogens with two attached hydrogens (primary N) is 1. The molecule has 0 aliphatic rings. The van der Waals surface area contributed by atoms with E-state index >= 15 is 0 Å². The summed E-state index contributed by atoms with van der Waals surface area (Å²) in [5, 5.41) is 6.54. The Bertz CT molecular complexity index is 711. The highest BCUT2D eigenvalue weighted by atomic mass is 19.1. The zero-order valence-corrected chi connectivity index (χ0v) is 11.3. The van der Waals surface area contributed by atoms with Crippen molar-refractivity contribution in [2.45, 2.75) is 19.9 Å². The number of nitrogens with zero attached hydrogens (tertiary/aromatic N) is 3. The van der Waals surface area contributed by atoms with Crippen LogP contribution in [0.3, 0.4) is 0 Å². The maximum Gasteiger partial charge on any atom is 0.317 e. The summed E-state index contributed by atoms with van der Waals surface area (Å²) in [7, 11) is 0. The molecule has 0 amide bonds. The van der Waals surface area contributed by atoms with E-state index < -0.39 is 5.56 Å². The predicted molar refractivity (Wildman–Crippen MR) is 75.3 cm³/mol. The summed E-state index contributed by atoms with van der Waals surface area (Å²) in [6, 6.07) is 5.79. The standard InChI is InChI=1S/C13H14FN5O2/c1-2-10(20)19-13(17-12(21)11(15)18-19)16-7-8-3-5-9(14)6-4-8/h3-6H,2,7H2,1H3,(H2,15,18)(H,16,17,21).